The van der Waals surface area contributed by atoms with Crippen molar-refractivity contribution in [3.8, 4) is 0 Å². The molecule has 128 valence electrons. The smallest absolute Gasteiger partial charge is 0.243 e. The second-order valence-electron chi connectivity index (χ2n) is 6.03. The molecule has 2 rings (SSSR count). The number of nitrogens with zero attached hydrogens (tertiary/aromatic N) is 2. The molecule has 1 aromatic carbocycles. The molecular weight excluding hydrogens is 312 g/mol. The van der Waals surface area contributed by atoms with E-state index in [-0.39, 0.29) is 18.4 Å². The summed E-state index contributed by atoms with van der Waals surface area (Å²) in [7, 11) is -3.52. The number of piperidine rings is 1. The van der Waals surface area contributed by atoms with Crippen LogP contribution in [0.15, 0.2) is 29.2 Å². The van der Waals surface area contributed by atoms with Gasteiger partial charge in [-0.2, -0.15) is 4.31 Å². The predicted molar refractivity (Wildman–Crippen MR) is 90.6 cm³/mol. The minimum Gasteiger partial charge on any atom is -0.343 e. The van der Waals surface area contributed by atoms with Crippen LogP contribution in [0.4, 0.5) is 0 Å². The van der Waals surface area contributed by atoms with E-state index < -0.39 is 10.0 Å². The van der Waals surface area contributed by atoms with Gasteiger partial charge in [0.1, 0.15) is 0 Å². The zero-order valence-corrected chi connectivity index (χ0v) is 15.0. The summed E-state index contributed by atoms with van der Waals surface area (Å²) in [5.74, 6) is -0.164. The summed E-state index contributed by atoms with van der Waals surface area (Å²) in [6, 6.07) is 6.88. The van der Waals surface area contributed by atoms with Gasteiger partial charge in [0.15, 0.2) is 0 Å². The van der Waals surface area contributed by atoms with Crippen molar-refractivity contribution in [2.45, 2.75) is 38.5 Å². The Kier molecular flexibility index (Phi) is 5.81. The molecule has 1 amide bonds. The number of carbonyl (C=O) groups is 1. The summed E-state index contributed by atoms with van der Waals surface area (Å²) >= 11 is 0. The van der Waals surface area contributed by atoms with Crippen molar-refractivity contribution in [1.82, 2.24) is 9.21 Å². The van der Waals surface area contributed by atoms with Gasteiger partial charge in [0.05, 0.1) is 10.8 Å². The van der Waals surface area contributed by atoms with E-state index in [0.29, 0.717) is 24.5 Å². The minimum absolute atomic E-state index is 0.0683. The van der Waals surface area contributed by atoms with Gasteiger partial charge >= 0.3 is 0 Å². The molecule has 0 aromatic heterocycles. The highest BCUT2D eigenvalue weighted by Crippen LogP contribution is 2.25. The van der Waals surface area contributed by atoms with Gasteiger partial charge in [0.25, 0.3) is 0 Å². The molecular formula is C17H26N2O3S. The molecule has 6 heteroatoms. The molecule has 0 aliphatic carbocycles. The van der Waals surface area contributed by atoms with Crippen LogP contribution in [0.5, 0.6) is 0 Å². The third-order valence-electron chi connectivity index (χ3n) is 4.47. The third-order valence-corrected chi connectivity index (χ3v) is 6.35. The summed E-state index contributed by atoms with van der Waals surface area (Å²) < 4.78 is 27.0. The van der Waals surface area contributed by atoms with Crippen molar-refractivity contribution in [1.29, 1.82) is 0 Å². The Balaban J connectivity index is 2.17. The maximum absolute atomic E-state index is 12.8. The van der Waals surface area contributed by atoms with Crippen LogP contribution in [-0.4, -0.2) is 49.7 Å². The molecule has 5 nitrogen and oxygen atoms in total. The zero-order valence-electron chi connectivity index (χ0n) is 14.2. The fourth-order valence-corrected chi connectivity index (χ4v) is 4.54. The van der Waals surface area contributed by atoms with E-state index in [2.05, 4.69) is 0 Å². The lowest BCUT2D eigenvalue weighted by molar-refractivity contribution is -0.136. The van der Waals surface area contributed by atoms with Gasteiger partial charge in [-0.3, -0.25) is 4.79 Å². The first-order chi connectivity index (χ1) is 10.9. The van der Waals surface area contributed by atoms with Gasteiger partial charge in [0, 0.05) is 26.2 Å². The highest BCUT2D eigenvalue weighted by atomic mass is 32.2. The van der Waals surface area contributed by atoms with Gasteiger partial charge < -0.3 is 4.90 Å². The maximum Gasteiger partial charge on any atom is 0.243 e. The number of hydrogen-bond acceptors (Lipinski definition) is 3. The van der Waals surface area contributed by atoms with E-state index in [0.717, 1.165) is 18.4 Å². The van der Waals surface area contributed by atoms with E-state index >= 15 is 0 Å². The van der Waals surface area contributed by atoms with Crippen LogP contribution >= 0.6 is 0 Å². The lowest BCUT2D eigenvalue weighted by Gasteiger charge is -2.33. The van der Waals surface area contributed by atoms with Gasteiger partial charge in [-0.15, -0.1) is 0 Å². The van der Waals surface area contributed by atoms with Crippen LogP contribution in [-0.2, 0) is 14.8 Å². The topological polar surface area (TPSA) is 57.7 Å². The van der Waals surface area contributed by atoms with Gasteiger partial charge in [-0.25, -0.2) is 8.42 Å². The second kappa shape index (κ2) is 7.45. The number of amides is 1. The monoisotopic (exact) mass is 338 g/mol. The zero-order chi connectivity index (χ0) is 17.0. The molecule has 0 spiro atoms. The molecule has 1 fully saturated rings. The average molecular weight is 338 g/mol. The SMILES string of the molecule is CCN(CC)C(=O)[C@H]1CCCN(S(=O)(=O)c2ccc(C)cc2)C1. The standard InChI is InChI=1S/C17H26N2O3S/c1-4-18(5-2)17(20)15-7-6-12-19(13-15)23(21,22)16-10-8-14(3)9-11-16/h8-11,15H,4-7,12-13H2,1-3H3/t15-/m0/s1. The Morgan fingerprint density at radius 1 is 1.22 bits per heavy atom. The van der Waals surface area contributed by atoms with Crippen LogP contribution in [0.2, 0.25) is 0 Å². The average Bonchev–Trinajstić information content (AvgIpc) is 2.56. The van der Waals surface area contributed by atoms with Crippen molar-refractivity contribution in [3.63, 3.8) is 0 Å². The first-order valence-electron chi connectivity index (χ1n) is 8.25. The largest absolute Gasteiger partial charge is 0.343 e. The number of benzene rings is 1. The van der Waals surface area contributed by atoms with Gasteiger partial charge in [-0.05, 0) is 45.7 Å². The van der Waals surface area contributed by atoms with Crippen molar-refractivity contribution in [3.05, 3.63) is 29.8 Å². The molecule has 1 aliphatic rings. The highest BCUT2D eigenvalue weighted by Gasteiger charge is 2.34. The van der Waals surface area contributed by atoms with Gasteiger partial charge in [-0.1, -0.05) is 17.7 Å². The van der Waals surface area contributed by atoms with Crippen LogP contribution in [0.25, 0.3) is 0 Å². The molecule has 0 unspecified atom stereocenters. The van der Waals surface area contributed by atoms with E-state index in [4.69, 9.17) is 0 Å². The Bertz CT molecular complexity index is 636. The van der Waals surface area contributed by atoms with Crippen LogP contribution in [0.1, 0.15) is 32.3 Å². The number of hydrogen-bond donors (Lipinski definition) is 0. The molecule has 1 heterocycles. The van der Waals surface area contributed by atoms with E-state index in [1.165, 1.54) is 4.31 Å². The number of carbonyl (C=O) groups excluding carboxylic acids is 1. The molecule has 1 saturated heterocycles. The minimum atomic E-state index is -3.52. The maximum atomic E-state index is 12.8. The van der Waals surface area contributed by atoms with Crippen molar-refractivity contribution >= 4 is 15.9 Å². The normalized spacial score (nSPS) is 19.5. The lowest BCUT2D eigenvalue weighted by Crippen LogP contribution is -2.46. The Hall–Kier alpha value is -1.40. The summed E-state index contributed by atoms with van der Waals surface area (Å²) in [4.78, 5) is 14.6. The second-order valence-corrected chi connectivity index (χ2v) is 7.96. The summed E-state index contributed by atoms with van der Waals surface area (Å²) in [5, 5.41) is 0. The molecule has 0 saturated carbocycles. The lowest BCUT2D eigenvalue weighted by atomic mass is 9.98. The number of rotatable bonds is 5. The Morgan fingerprint density at radius 3 is 2.39 bits per heavy atom. The Morgan fingerprint density at radius 2 is 1.83 bits per heavy atom. The molecule has 1 aromatic rings. The predicted octanol–water partition coefficient (Wildman–Crippen LogP) is 2.26. The first-order valence-corrected chi connectivity index (χ1v) is 9.69. The third kappa shape index (κ3) is 3.93. The van der Waals surface area contributed by atoms with E-state index in [9.17, 15) is 13.2 Å². The molecule has 23 heavy (non-hydrogen) atoms. The Labute approximate surface area is 139 Å². The highest BCUT2D eigenvalue weighted by molar-refractivity contribution is 7.89. The van der Waals surface area contributed by atoms with E-state index in [1.807, 2.05) is 20.8 Å². The number of aryl methyl sites for hydroxylation is 1. The molecule has 1 atom stereocenters. The summed E-state index contributed by atoms with van der Waals surface area (Å²) in [6.45, 7) is 7.92. The molecule has 0 bridgehead atoms. The van der Waals surface area contributed by atoms with Crippen LogP contribution in [0, 0.1) is 12.8 Å². The van der Waals surface area contributed by atoms with Crippen molar-refractivity contribution in [2.24, 2.45) is 5.92 Å². The fraction of sp³-hybridized carbons (Fsp3) is 0.588. The first kappa shape index (κ1) is 17.9. The fourth-order valence-electron chi connectivity index (χ4n) is 3.02. The van der Waals surface area contributed by atoms with Crippen LogP contribution in [0.3, 0.4) is 0 Å². The van der Waals surface area contributed by atoms with E-state index in [1.54, 1.807) is 29.2 Å². The molecule has 0 radical (unpaired) electrons. The van der Waals surface area contributed by atoms with Crippen molar-refractivity contribution < 1.29 is 13.2 Å². The van der Waals surface area contributed by atoms with Gasteiger partial charge in [0.2, 0.25) is 15.9 Å². The van der Waals surface area contributed by atoms with Crippen molar-refractivity contribution in [2.75, 3.05) is 26.2 Å². The van der Waals surface area contributed by atoms with Crippen LogP contribution < -0.4 is 0 Å². The summed E-state index contributed by atoms with van der Waals surface area (Å²) in [5.41, 5.74) is 1.03. The molecule has 1 aliphatic heterocycles. The quantitative estimate of drug-likeness (QED) is 0.827. The number of sulfonamides is 1. The summed E-state index contributed by atoms with van der Waals surface area (Å²) in [6.07, 6.45) is 1.48. The molecule has 0 N–H and O–H groups in total.